The van der Waals surface area contributed by atoms with Crippen LogP contribution in [-0.2, 0) is 6.54 Å². The molecule has 0 aliphatic carbocycles. The molecular weight excluding hydrogens is 232 g/mol. The second-order valence-corrected chi connectivity index (χ2v) is 4.70. The second kappa shape index (κ2) is 5.48. The van der Waals surface area contributed by atoms with Gasteiger partial charge in [0.2, 0.25) is 0 Å². The number of hydrogen-bond acceptors (Lipinski definition) is 2. The molecule has 0 radical (unpaired) electrons. The first kappa shape index (κ1) is 12.3. The van der Waals surface area contributed by atoms with E-state index in [1.54, 1.807) is 0 Å². The predicted octanol–water partition coefficient (Wildman–Crippen LogP) is 3.78. The van der Waals surface area contributed by atoms with Crippen molar-refractivity contribution in [3.05, 3.63) is 41.0 Å². The number of pyridine rings is 1. The smallest absolute Gasteiger partial charge is 0.0761 e. The van der Waals surface area contributed by atoms with Crippen molar-refractivity contribution in [1.82, 2.24) is 10.3 Å². The van der Waals surface area contributed by atoms with Gasteiger partial charge in [0.15, 0.2) is 0 Å². The van der Waals surface area contributed by atoms with Gasteiger partial charge in [-0.25, -0.2) is 0 Å². The van der Waals surface area contributed by atoms with E-state index in [4.69, 9.17) is 11.6 Å². The molecule has 0 fully saturated rings. The summed E-state index contributed by atoms with van der Waals surface area (Å²) in [4.78, 5) is 4.42. The Morgan fingerprint density at radius 2 is 2.18 bits per heavy atom. The molecule has 90 valence electrons. The molecule has 2 nitrogen and oxygen atoms in total. The van der Waals surface area contributed by atoms with Crippen molar-refractivity contribution < 1.29 is 0 Å². The first-order valence-electron chi connectivity index (χ1n) is 5.98. The number of benzene rings is 1. The molecule has 1 atom stereocenters. The fourth-order valence-electron chi connectivity index (χ4n) is 1.77. The van der Waals surface area contributed by atoms with Gasteiger partial charge in [-0.1, -0.05) is 24.6 Å². The van der Waals surface area contributed by atoms with E-state index in [0.717, 1.165) is 28.9 Å². The Kier molecular flexibility index (Phi) is 3.97. The third-order valence-electron chi connectivity index (χ3n) is 3.05. The minimum atomic E-state index is 0.518. The molecule has 2 aromatic rings. The highest BCUT2D eigenvalue weighted by atomic mass is 35.5. The van der Waals surface area contributed by atoms with Crippen LogP contribution in [0.1, 0.15) is 25.8 Å². The maximum Gasteiger partial charge on any atom is 0.0761 e. The zero-order valence-electron chi connectivity index (χ0n) is 10.2. The molecule has 0 saturated carbocycles. The fourth-order valence-corrected chi connectivity index (χ4v) is 1.98. The van der Waals surface area contributed by atoms with Crippen LogP contribution in [0.15, 0.2) is 30.5 Å². The fraction of sp³-hybridized carbons (Fsp3) is 0.357. The summed E-state index contributed by atoms with van der Waals surface area (Å²) in [6.07, 6.45) is 2.93. The Bertz CT molecular complexity index is 511. The Hall–Kier alpha value is -1.12. The quantitative estimate of drug-likeness (QED) is 0.891. The van der Waals surface area contributed by atoms with E-state index in [0.29, 0.717) is 6.04 Å². The molecule has 0 aliphatic heterocycles. The first-order valence-corrected chi connectivity index (χ1v) is 6.35. The molecule has 0 aliphatic rings. The zero-order chi connectivity index (χ0) is 12.3. The number of aromatic nitrogens is 1. The van der Waals surface area contributed by atoms with Gasteiger partial charge < -0.3 is 5.32 Å². The second-order valence-electron chi connectivity index (χ2n) is 4.30. The van der Waals surface area contributed by atoms with E-state index in [9.17, 15) is 0 Å². The standard InChI is InChI=1S/C14H17ClN2/c1-3-10(2)17-9-11-6-7-13(15)12-5-4-8-16-14(11)12/h4-8,10,17H,3,9H2,1-2H3. The number of hydrogen-bond donors (Lipinski definition) is 1. The van der Waals surface area contributed by atoms with Crippen LogP contribution in [0.2, 0.25) is 5.02 Å². The Balaban J connectivity index is 2.32. The molecule has 0 saturated heterocycles. The van der Waals surface area contributed by atoms with Gasteiger partial charge in [-0.3, -0.25) is 4.98 Å². The maximum absolute atomic E-state index is 6.16. The van der Waals surface area contributed by atoms with E-state index in [1.807, 2.05) is 30.5 Å². The number of fused-ring (bicyclic) bond motifs is 1. The van der Waals surface area contributed by atoms with Crippen LogP contribution in [0, 0.1) is 0 Å². The normalized spacial score (nSPS) is 12.9. The molecule has 1 unspecified atom stereocenters. The van der Waals surface area contributed by atoms with Crippen LogP contribution in [0.4, 0.5) is 0 Å². The van der Waals surface area contributed by atoms with Gasteiger partial charge in [-0.2, -0.15) is 0 Å². The molecule has 3 heteroatoms. The van der Waals surface area contributed by atoms with Crippen LogP contribution < -0.4 is 5.32 Å². The lowest BCUT2D eigenvalue weighted by Crippen LogP contribution is -2.24. The van der Waals surface area contributed by atoms with Crippen LogP contribution >= 0.6 is 11.6 Å². The summed E-state index contributed by atoms with van der Waals surface area (Å²) in [6, 6.07) is 8.44. The monoisotopic (exact) mass is 248 g/mol. The van der Waals surface area contributed by atoms with E-state index in [-0.39, 0.29) is 0 Å². The highest BCUT2D eigenvalue weighted by Gasteiger charge is 2.06. The molecule has 1 heterocycles. The summed E-state index contributed by atoms with van der Waals surface area (Å²) in [7, 11) is 0. The van der Waals surface area contributed by atoms with E-state index >= 15 is 0 Å². The Labute approximate surface area is 107 Å². The minimum absolute atomic E-state index is 0.518. The summed E-state index contributed by atoms with van der Waals surface area (Å²) in [6.45, 7) is 5.20. The average molecular weight is 249 g/mol. The van der Waals surface area contributed by atoms with Crippen molar-refractivity contribution >= 4 is 22.5 Å². The zero-order valence-corrected chi connectivity index (χ0v) is 11.0. The van der Waals surface area contributed by atoms with Crippen molar-refractivity contribution in [2.45, 2.75) is 32.9 Å². The van der Waals surface area contributed by atoms with Gasteiger partial charge in [-0.15, -0.1) is 0 Å². The number of nitrogens with zero attached hydrogens (tertiary/aromatic N) is 1. The number of rotatable bonds is 4. The highest BCUT2D eigenvalue weighted by molar-refractivity contribution is 6.35. The maximum atomic E-state index is 6.16. The van der Waals surface area contributed by atoms with Gasteiger partial charge >= 0.3 is 0 Å². The average Bonchev–Trinajstić information content (AvgIpc) is 2.38. The lowest BCUT2D eigenvalue weighted by Gasteiger charge is -2.12. The van der Waals surface area contributed by atoms with Crippen LogP contribution in [0.5, 0.6) is 0 Å². The first-order chi connectivity index (χ1) is 8.22. The SMILES string of the molecule is CCC(C)NCc1ccc(Cl)c2cccnc12. The van der Waals surface area contributed by atoms with Crippen molar-refractivity contribution in [1.29, 1.82) is 0 Å². The predicted molar refractivity (Wildman–Crippen MR) is 73.3 cm³/mol. The largest absolute Gasteiger partial charge is 0.310 e. The van der Waals surface area contributed by atoms with E-state index in [2.05, 4.69) is 24.1 Å². The highest BCUT2D eigenvalue weighted by Crippen LogP contribution is 2.24. The van der Waals surface area contributed by atoms with Crippen molar-refractivity contribution in [2.75, 3.05) is 0 Å². The van der Waals surface area contributed by atoms with Crippen molar-refractivity contribution in [3.8, 4) is 0 Å². The van der Waals surface area contributed by atoms with Gasteiger partial charge in [0, 0.05) is 29.2 Å². The van der Waals surface area contributed by atoms with Gasteiger partial charge in [0.25, 0.3) is 0 Å². The molecular formula is C14H17ClN2. The van der Waals surface area contributed by atoms with Crippen molar-refractivity contribution in [2.24, 2.45) is 0 Å². The minimum Gasteiger partial charge on any atom is -0.310 e. The van der Waals surface area contributed by atoms with Crippen molar-refractivity contribution in [3.63, 3.8) is 0 Å². The molecule has 0 spiro atoms. The van der Waals surface area contributed by atoms with Gasteiger partial charge in [-0.05, 0) is 37.1 Å². The summed E-state index contributed by atoms with van der Waals surface area (Å²) < 4.78 is 0. The van der Waals surface area contributed by atoms with E-state index in [1.165, 1.54) is 5.56 Å². The molecule has 1 N–H and O–H groups in total. The molecule has 17 heavy (non-hydrogen) atoms. The molecule has 1 aromatic carbocycles. The summed E-state index contributed by atoms with van der Waals surface area (Å²) in [5.74, 6) is 0. The molecule has 0 bridgehead atoms. The Morgan fingerprint density at radius 1 is 1.35 bits per heavy atom. The summed E-state index contributed by atoms with van der Waals surface area (Å²) >= 11 is 6.16. The van der Waals surface area contributed by atoms with E-state index < -0.39 is 0 Å². The molecule has 0 amide bonds. The third kappa shape index (κ3) is 2.76. The van der Waals surface area contributed by atoms with Crippen LogP contribution in [-0.4, -0.2) is 11.0 Å². The van der Waals surface area contributed by atoms with Crippen LogP contribution in [0.25, 0.3) is 10.9 Å². The molecule has 2 rings (SSSR count). The third-order valence-corrected chi connectivity index (χ3v) is 3.38. The lowest BCUT2D eigenvalue weighted by atomic mass is 10.1. The van der Waals surface area contributed by atoms with Gasteiger partial charge in [0.1, 0.15) is 0 Å². The Morgan fingerprint density at radius 3 is 2.94 bits per heavy atom. The van der Waals surface area contributed by atoms with Gasteiger partial charge in [0.05, 0.1) is 5.52 Å². The molecule has 1 aromatic heterocycles. The topological polar surface area (TPSA) is 24.9 Å². The number of nitrogens with one attached hydrogen (secondary N) is 1. The summed E-state index contributed by atoms with van der Waals surface area (Å²) in [5.41, 5.74) is 2.20. The van der Waals surface area contributed by atoms with Crippen LogP contribution in [0.3, 0.4) is 0 Å². The number of halogens is 1. The lowest BCUT2D eigenvalue weighted by molar-refractivity contribution is 0.535. The summed E-state index contributed by atoms with van der Waals surface area (Å²) in [5, 5.41) is 5.27.